The number of hydrogen-bond donors (Lipinski definition) is 2. The van der Waals surface area contributed by atoms with Crippen molar-refractivity contribution in [1.82, 2.24) is 0 Å². The average molecular weight is 240 g/mol. The molecule has 0 aromatic heterocycles. The zero-order chi connectivity index (χ0) is 11.8. The Morgan fingerprint density at radius 1 is 1.25 bits per heavy atom. The molecule has 1 N–H and O–H groups in total. The van der Waals surface area contributed by atoms with E-state index in [9.17, 15) is 13.2 Å². The summed E-state index contributed by atoms with van der Waals surface area (Å²) in [6.45, 7) is 0. The molecule has 0 saturated heterocycles. The second-order valence-corrected chi connectivity index (χ2v) is 5.36. The van der Waals surface area contributed by atoms with Crippen molar-refractivity contribution < 1.29 is 18.3 Å². The maximum absolute atomic E-state index is 11.3. The lowest BCUT2D eigenvalue weighted by Gasteiger charge is -2.37. The van der Waals surface area contributed by atoms with Gasteiger partial charge in [0.1, 0.15) is 10.7 Å². The maximum Gasteiger partial charge on any atom is 0.336 e. The third kappa shape index (κ3) is 1.51. The van der Waals surface area contributed by atoms with Gasteiger partial charge in [0, 0.05) is 0 Å². The topological polar surface area (TPSA) is 71.4 Å². The zero-order valence-electron chi connectivity index (χ0n) is 8.55. The van der Waals surface area contributed by atoms with Crippen molar-refractivity contribution in [2.24, 2.45) is 0 Å². The smallest absolute Gasteiger partial charge is 0.336 e. The quantitative estimate of drug-likeness (QED) is 0.783. The van der Waals surface area contributed by atoms with Crippen LogP contribution in [-0.4, -0.2) is 19.5 Å². The normalized spacial score (nSPS) is 18.1. The number of aromatic carboxylic acids is 1. The van der Waals surface area contributed by atoms with Gasteiger partial charge in [-0.2, -0.15) is 0 Å². The summed E-state index contributed by atoms with van der Waals surface area (Å²) in [5.74, 6) is -1.07. The van der Waals surface area contributed by atoms with E-state index in [2.05, 4.69) is 0 Å². The first kappa shape index (κ1) is 11.1. The standard InChI is InChI=1S/C11H12O4S/c12-10(13)8-4-1-2-5-9(8)11(16(14)15)6-3-7-11/h1-2,4-5,16H,3,6-7H2,(H,12,13). The van der Waals surface area contributed by atoms with Crippen molar-refractivity contribution in [2.45, 2.75) is 24.0 Å². The first-order valence-electron chi connectivity index (χ1n) is 5.05. The van der Waals surface area contributed by atoms with Gasteiger partial charge < -0.3 is 5.11 Å². The lowest BCUT2D eigenvalue weighted by molar-refractivity contribution is 0.0693. The molecule has 1 aromatic rings. The van der Waals surface area contributed by atoms with Crippen molar-refractivity contribution in [1.29, 1.82) is 0 Å². The molecule has 86 valence electrons. The predicted octanol–water partition coefficient (Wildman–Crippen LogP) is 1.38. The highest BCUT2D eigenvalue weighted by Crippen LogP contribution is 2.45. The van der Waals surface area contributed by atoms with Gasteiger partial charge in [-0.3, -0.25) is 0 Å². The fraction of sp³-hybridized carbons (Fsp3) is 0.364. The average Bonchev–Trinajstić information content (AvgIpc) is 2.15. The Labute approximate surface area is 94.9 Å². The summed E-state index contributed by atoms with van der Waals surface area (Å²) in [7, 11) is -2.64. The highest BCUT2D eigenvalue weighted by Gasteiger charge is 2.44. The molecule has 0 unspecified atom stereocenters. The van der Waals surface area contributed by atoms with Crippen molar-refractivity contribution in [3.05, 3.63) is 35.4 Å². The molecule has 1 aliphatic rings. The second kappa shape index (κ2) is 3.90. The fourth-order valence-corrected chi connectivity index (χ4v) is 3.21. The number of benzene rings is 1. The minimum atomic E-state index is -2.64. The van der Waals surface area contributed by atoms with E-state index in [4.69, 9.17) is 5.11 Å². The Balaban J connectivity index is 2.59. The molecule has 0 heterocycles. The fourth-order valence-electron chi connectivity index (χ4n) is 2.14. The molecule has 0 atom stereocenters. The summed E-state index contributed by atoms with van der Waals surface area (Å²) in [6.07, 6.45) is 1.88. The van der Waals surface area contributed by atoms with Crippen LogP contribution in [0.1, 0.15) is 35.2 Å². The molecule has 1 aromatic carbocycles. The number of hydrogen-bond acceptors (Lipinski definition) is 3. The summed E-state index contributed by atoms with van der Waals surface area (Å²) in [5, 5.41) is 9.03. The van der Waals surface area contributed by atoms with Crippen molar-refractivity contribution in [3.8, 4) is 0 Å². The van der Waals surface area contributed by atoms with Gasteiger partial charge in [-0.15, -0.1) is 0 Å². The zero-order valence-corrected chi connectivity index (χ0v) is 9.44. The van der Waals surface area contributed by atoms with Gasteiger partial charge in [-0.05, 0) is 30.9 Å². The lowest BCUT2D eigenvalue weighted by Crippen LogP contribution is -2.37. The van der Waals surface area contributed by atoms with Gasteiger partial charge in [-0.25, -0.2) is 13.2 Å². The van der Waals surface area contributed by atoms with E-state index >= 15 is 0 Å². The van der Waals surface area contributed by atoms with Crippen LogP contribution in [0.3, 0.4) is 0 Å². The molecule has 1 saturated carbocycles. The van der Waals surface area contributed by atoms with E-state index in [0.29, 0.717) is 18.4 Å². The van der Waals surface area contributed by atoms with Gasteiger partial charge in [0.2, 0.25) is 0 Å². The molecule has 0 bridgehead atoms. The van der Waals surface area contributed by atoms with Gasteiger partial charge in [-0.1, -0.05) is 18.2 Å². The number of carboxylic acids is 1. The third-order valence-corrected chi connectivity index (χ3v) is 4.58. The Hall–Kier alpha value is -1.36. The van der Waals surface area contributed by atoms with E-state index in [1.165, 1.54) is 6.07 Å². The number of thiol groups is 1. The summed E-state index contributed by atoms with van der Waals surface area (Å²) in [4.78, 5) is 11.0. The van der Waals surface area contributed by atoms with Crippen LogP contribution in [-0.2, 0) is 15.5 Å². The minimum absolute atomic E-state index is 0.0985. The van der Waals surface area contributed by atoms with Crippen molar-refractivity contribution in [2.75, 3.05) is 0 Å². The van der Waals surface area contributed by atoms with Crippen LogP contribution in [0.2, 0.25) is 0 Å². The molecule has 16 heavy (non-hydrogen) atoms. The minimum Gasteiger partial charge on any atom is -0.478 e. The van der Waals surface area contributed by atoms with Crippen LogP contribution in [0.5, 0.6) is 0 Å². The van der Waals surface area contributed by atoms with Crippen LogP contribution in [0.4, 0.5) is 0 Å². The summed E-state index contributed by atoms with van der Waals surface area (Å²) in [6, 6.07) is 6.35. The summed E-state index contributed by atoms with van der Waals surface area (Å²) < 4.78 is 21.7. The highest BCUT2D eigenvalue weighted by atomic mass is 32.2. The molecule has 1 aliphatic carbocycles. The monoisotopic (exact) mass is 240 g/mol. The molecule has 4 nitrogen and oxygen atoms in total. The Morgan fingerprint density at radius 2 is 1.88 bits per heavy atom. The van der Waals surface area contributed by atoms with Gasteiger partial charge in [0.15, 0.2) is 0 Å². The SMILES string of the molecule is O=C(O)c1ccccc1C1([SH](=O)=O)CCC1. The van der Waals surface area contributed by atoms with Gasteiger partial charge in [0.25, 0.3) is 0 Å². The lowest BCUT2D eigenvalue weighted by atomic mass is 9.77. The van der Waals surface area contributed by atoms with Crippen LogP contribution < -0.4 is 0 Å². The highest BCUT2D eigenvalue weighted by molar-refractivity contribution is 7.73. The first-order chi connectivity index (χ1) is 7.58. The van der Waals surface area contributed by atoms with Gasteiger partial charge >= 0.3 is 5.97 Å². The molecule has 0 radical (unpaired) electrons. The van der Waals surface area contributed by atoms with E-state index in [1.807, 2.05) is 0 Å². The van der Waals surface area contributed by atoms with Crippen molar-refractivity contribution >= 4 is 16.7 Å². The Morgan fingerprint density at radius 3 is 2.31 bits per heavy atom. The summed E-state index contributed by atoms with van der Waals surface area (Å²) in [5.41, 5.74) is 0.534. The molecule has 1 fully saturated rings. The van der Waals surface area contributed by atoms with Crippen molar-refractivity contribution in [3.63, 3.8) is 0 Å². The number of carboxylic acid groups (broad SMARTS) is 1. The summed E-state index contributed by atoms with van der Waals surface area (Å²) >= 11 is 0. The van der Waals surface area contributed by atoms with Crippen LogP contribution in [0, 0.1) is 0 Å². The largest absolute Gasteiger partial charge is 0.478 e. The Kier molecular flexibility index (Phi) is 2.71. The Bertz CT molecular complexity index is 492. The first-order valence-corrected chi connectivity index (χ1v) is 6.23. The van der Waals surface area contributed by atoms with Gasteiger partial charge in [0.05, 0.1) is 10.3 Å². The molecule has 5 heteroatoms. The molecule has 0 amide bonds. The molecule has 2 rings (SSSR count). The second-order valence-electron chi connectivity index (χ2n) is 3.99. The number of rotatable bonds is 3. The maximum atomic E-state index is 11.3. The third-order valence-electron chi connectivity index (χ3n) is 3.19. The van der Waals surface area contributed by atoms with Crippen LogP contribution in [0.15, 0.2) is 24.3 Å². The van der Waals surface area contributed by atoms with Crippen LogP contribution in [0.25, 0.3) is 0 Å². The van der Waals surface area contributed by atoms with E-state index in [-0.39, 0.29) is 5.56 Å². The van der Waals surface area contributed by atoms with Crippen LogP contribution >= 0.6 is 0 Å². The molecular weight excluding hydrogens is 228 g/mol. The molecule has 0 spiro atoms. The number of carbonyl (C=O) groups is 1. The van der Waals surface area contributed by atoms with E-state index in [0.717, 1.165) is 6.42 Å². The molecular formula is C11H12O4S. The molecule has 0 aliphatic heterocycles. The van der Waals surface area contributed by atoms with E-state index < -0.39 is 21.4 Å². The van der Waals surface area contributed by atoms with E-state index in [1.54, 1.807) is 18.2 Å². The predicted molar refractivity (Wildman–Crippen MR) is 59.2 cm³/mol.